The maximum absolute atomic E-state index is 14.6. The number of sulfonamides is 1. The van der Waals surface area contributed by atoms with Crippen LogP contribution in [-0.4, -0.2) is 43.8 Å². The molecule has 0 aliphatic rings. The second-order valence-electron chi connectivity index (χ2n) is 11.4. The number of aryl methyl sites for hydroxylation is 2. The molecule has 0 bridgehead atoms. The molecule has 0 fully saturated rings. The van der Waals surface area contributed by atoms with Crippen molar-refractivity contribution in [1.29, 1.82) is 0 Å². The zero-order valence-corrected chi connectivity index (χ0v) is 26.8. The molecule has 0 aliphatic carbocycles. The van der Waals surface area contributed by atoms with Gasteiger partial charge in [0.1, 0.15) is 12.6 Å². The smallest absolute Gasteiger partial charge is 0.264 e. The molecule has 4 aromatic carbocycles. The zero-order valence-electron chi connectivity index (χ0n) is 26.0. The summed E-state index contributed by atoms with van der Waals surface area (Å²) >= 11 is 0. The molecule has 0 saturated heterocycles. The quantitative estimate of drug-likeness (QED) is 0.214. The molecule has 1 N–H and O–H groups in total. The van der Waals surface area contributed by atoms with E-state index in [0.717, 1.165) is 27.8 Å². The minimum Gasteiger partial charge on any atom is -0.352 e. The summed E-state index contributed by atoms with van der Waals surface area (Å²) in [6.07, 6.45) is 0.270. The molecule has 1 atom stereocenters. The third-order valence-electron chi connectivity index (χ3n) is 7.59. The number of carbonyl (C=O) groups is 2. The second kappa shape index (κ2) is 14.4. The Morgan fingerprint density at radius 1 is 0.773 bits per heavy atom. The molecule has 0 aliphatic heterocycles. The second-order valence-corrected chi connectivity index (χ2v) is 13.3. The molecule has 2 amide bonds. The van der Waals surface area contributed by atoms with Gasteiger partial charge in [-0.05, 0) is 75.1 Å². The summed E-state index contributed by atoms with van der Waals surface area (Å²) in [5.74, 6) is -0.777. The van der Waals surface area contributed by atoms with Crippen LogP contribution in [0.1, 0.15) is 41.7 Å². The normalized spacial score (nSPS) is 12.0. The number of carbonyl (C=O) groups excluding carboxylic acids is 2. The van der Waals surface area contributed by atoms with Crippen molar-refractivity contribution in [2.24, 2.45) is 0 Å². The maximum Gasteiger partial charge on any atom is 0.264 e. The maximum atomic E-state index is 14.6. The SMILES string of the molecule is Cc1cccc(CN(C(=O)CN(c2cccc(C)c2C)S(=O)(=O)c2ccccc2)C(Cc2ccccc2)C(=O)NC(C)C)c1. The lowest BCUT2D eigenvalue weighted by Crippen LogP contribution is -2.54. The lowest BCUT2D eigenvalue weighted by Gasteiger charge is -2.34. The van der Waals surface area contributed by atoms with Crippen LogP contribution in [0.25, 0.3) is 0 Å². The molecular weight excluding hydrogens is 570 g/mol. The van der Waals surface area contributed by atoms with E-state index >= 15 is 0 Å². The van der Waals surface area contributed by atoms with Gasteiger partial charge in [-0.3, -0.25) is 13.9 Å². The fraction of sp³-hybridized carbons (Fsp3) is 0.278. The van der Waals surface area contributed by atoms with Crippen molar-refractivity contribution < 1.29 is 18.0 Å². The highest BCUT2D eigenvalue weighted by Gasteiger charge is 2.35. The Bertz CT molecular complexity index is 1690. The number of amides is 2. The highest BCUT2D eigenvalue weighted by molar-refractivity contribution is 7.92. The van der Waals surface area contributed by atoms with Crippen molar-refractivity contribution in [3.05, 3.63) is 131 Å². The number of nitrogens with zero attached hydrogens (tertiary/aromatic N) is 2. The van der Waals surface area contributed by atoms with E-state index < -0.39 is 28.5 Å². The number of hydrogen-bond donors (Lipinski definition) is 1. The summed E-state index contributed by atoms with van der Waals surface area (Å²) < 4.78 is 29.5. The summed E-state index contributed by atoms with van der Waals surface area (Å²) in [6.45, 7) is 9.13. The minimum atomic E-state index is -4.14. The topological polar surface area (TPSA) is 86.8 Å². The van der Waals surface area contributed by atoms with E-state index in [0.29, 0.717) is 5.69 Å². The monoisotopic (exact) mass is 611 g/mol. The Kier molecular flexibility index (Phi) is 10.6. The van der Waals surface area contributed by atoms with Crippen LogP contribution in [0.2, 0.25) is 0 Å². The number of nitrogens with one attached hydrogen (secondary N) is 1. The average molecular weight is 612 g/mol. The van der Waals surface area contributed by atoms with Crippen molar-refractivity contribution in [3.63, 3.8) is 0 Å². The van der Waals surface area contributed by atoms with Gasteiger partial charge in [0, 0.05) is 19.0 Å². The van der Waals surface area contributed by atoms with Crippen LogP contribution in [0, 0.1) is 20.8 Å². The summed E-state index contributed by atoms with van der Waals surface area (Å²) in [5.41, 5.74) is 4.83. The molecular formula is C36H41N3O4S. The molecule has 4 rings (SSSR count). The molecule has 4 aromatic rings. The summed E-state index contributed by atoms with van der Waals surface area (Å²) in [5, 5.41) is 2.99. The average Bonchev–Trinajstić information content (AvgIpc) is 2.99. The number of benzene rings is 4. The van der Waals surface area contributed by atoms with E-state index in [4.69, 9.17) is 0 Å². The standard InChI is InChI=1S/C36H41N3O4S/c1-26(2)37-36(41)34(23-30-16-8-6-9-17-30)38(24-31-18-12-14-27(3)22-31)35(40)25-39(33-21-13-15-28(4)29(33)5)44(42,43)32-19-10-7-11-20-32/h6-22,26,34H,23-25H2,1-5H3,(H,37,41). The van der Waals surface area contributed by atoms with Crippen molar-refractivity contribution >= 4 is 27.5 Å². The van der Waals surface area contributed by atoms with E-state index in [1.54, 1.807) is 30.3 Å². The highest BCUT2D eigenvalue weighted by atomic mass is 32.2. The Morgan fingerprint density at radius 3 is 2.02 bits per heavy atom. The predicted octanol–water partition coefficient (Wildman–Crippen LogP) is 5.97. The number of rotatable bonds is 12. The highest BCUT2D eigenvalue weighted by Crippen LogP contribution is 2.29. The molecule has 0 saturated carbocycles. The van der Waals surface area contributed by atoms with Gasteiger partial charge in [0.15, 0.2) is 0 Å². The number of anilines is 1. The van der Waals surface area contributed by atoms with Crippen LogP contribution in [0.3, 0.4) is 0 Å². The fourth-order valence-corrected chi connectivity index (χ4v) is 6.67. The molecule has 0 radical (unpaired) electrons. The first-order chi connectivity index (χ1) is 21.0. The lowest BCUT2D eigenvalue weighted by molar-refractivity contribution is -0.140. The van der Waals surface area contributed by atoms with Gasteiger partial charge in [-0.1, -0.05) is 90.5 Å². The number of hydrogen-bond acceptors (Lipinski definition) is 4. The third-order valence-corrected chi connectivity index (χ3v) is 9.37. The molecule has 0 heterocycles. The van der Waals surface area contributed by atoms with Gasteiger partial charge >= 0.3 is 0 Å². The van der Waals surface area contributed by atoms with Crippen molar-refractivity contribution in [3.8, 4) is 0 Å². The Labute approximate surface area is 261 Å². The van der Waals surface area contributed by atoms with Crippen LogP contribution < -0.4 is 9.62 Å². The van der Waals surface area contributed by atoms with Crippen LogP contribution in [0.4, 0.5) is 5.69 Å². The molecule has 7 nitrogen and oxygen atoms in total. The molecule has 44 heavy (non-hydrogen) atoms. The van der Waals surface area contributed by atoms with E-state index in [-0.39, 0.29) is 29.8 Å². The largest absolute Gasteiger partial charge is 0.352 e. The van der Waals surface area contributed by atoms with Crippen LogP contribution in [0.5, 0.6) is 0 Å². The van der Waals surface area contributed by atoms with E-state index in [1.165, 1.54) is 21.3 Å². The first kappa shape index (κ1) is 32.5. The van der Waals surface area contributed by atoms with Gasteiger partial charge in [0.05, 0.1) is 10.6 Å². The molecule has 230 valence electrons. The Hall–Kier alpha value is -4.43. The summed E-state index contributed by atoms with van der Waals surface area (Å²) in [6, 6.07) is 29.8. The van der Waals surface area contributed by atoms with Crippen molar-refractivity contribution in [2.45, 2.75) is 64.6 Å². The van der Waals surface area contributed by atoms with Crippen molar-refractivity contribution in [1.82, 2.24) is 10.2 Å². The van der Waals surface area contributed by atoms with E-state index in [1.807, 2.05) is 95.3 Å². The Morgan fingerprint density at radius 2 is 1.39 bits per heavy atom. The van der Waals surface area contributed by atoms with Gasteiger partial charge in [-0.25, -0.2) is 8.42 Å². The molecule has 0 spiro atoms. The zero-order chi connectivity index (χ0) is 31.9. The van der Waals surface area contributed by atoms with Crippen LogP contribution >= 0.6 is 0 Å². The fourth-order valence-electron chi connectivity index (χ4n) is 5.18. The van der Waals surface area contributed by atoms with E-state index in [9.17, 15) is 18.0 Å². The summed E-state index contributed by atoms with van der Waals surface area (Å²) in [7, 11) is -4.14. The third kappa shape index (κ3) is 7.94. The first-order valence-electron chi connectivity index (χ1n) is 14.8. The van der Waals surface area contributed by atoms with Gasteiger partial charge in [-0.15, -0.1) is 0 Å². The van der Waals surface area contributed by atoms with E-state index in [2.05, 4.69) is 5.32 Å². The lowest BCUT2D eigenvalue weighted by atomic mass is 10.0. The van der Waals surface area contributed by atoms with Crippen LogP contribution in [-0.2, 0) is 32.6 Å². The Balaban J connectivity index is 1.83. The first-order valence-corrected chi connectivity index (χ1v) is 16.2. The van der Waals surface area contributed by atoms with Crippen molar-refractivity contribution in [2.75, 3.05) is 10.8 Å². The predicted molar refractivity (Wildman–Crippen MR) is 176 cm³/mol. The van der Waals surface area contributed by atoms with Gasteiger partial charge in [0.25, 0.3) is 10.0 Å². The van der Waals surface area contributed by atoms with Gasteiger partial charge in [0.2, 0.25) is 11.8 Å². The van der Waals surface area contributed by atoms with Gasteiger partial charge < -0.3 is 10.2 Å². The molecule has 8 heteroatoms. The molecule has 1 unspecified atom stereocenters. The molecule has 0 aromatic heterocycles. The summed E-state index contributed by atoms with van der Waals surface area (Å²) in [4.78, 5) is 30.0. The van der Waals surface area contributed by atoms with Gasteiger partial charge in [-0.2, -0.15) is 0 Å². The van der Waals surface area contributed by atoms with Crippen LogP contribution in [0.15, 0.2) is 108 Å². The minimum absolute atomic E-state index is 0.0809.